The Bertz CT molecular complexity index is 1320. The highest BCUT2D eigenvalue weighted by molar-refractivity contribution is 7.90. The molecule has 9 heteroatoms. The molecule has 1 aliphatic carbocycles. The van der Waals surface area contributed by atoms with Crippen molar-refractivity contribution in [3.8, 4) is 11.1 Å². The molecule has 34 heavy (non-hydrogen) atoms. The van der Waals surface area contributed by atoms with Crippen LogP contribution in [-0.2, 0) is 29.3 Å². The molecule has 1 fully saturated rings. The van der Waals surface area contributed by atoms with Crippen molar-refractivity contribution >= 4 is 20.9 Å². The molecule has 0 atom stereocenters. The number of rotatable bonds is 6. The second-order valence-corrected chi connectivity index (χ2v) is 12.2. The van der Waals surface area contributed by atoms with E-state index in [9.17, 15) is 26.0 Å². The van der Waals surface area contributed by atoms with E-state index in [-0.39, 0.29) is 22.8 Å². The van der Waals surface area contributed by atoms with Gasteiger partial charge in [0.05, 0.1) is 10.8 Å². The number of nitrogens with zero attached hydrogens (tertiary/aromatic N) is 1. The first kappa shape index (κ1) is 24.7. The Morgan fingerprint density at radius 3 is 2.38 bits per heavy atom. The standard InChI is InChI=1S/C25H28F4N2O2S/c1-24(2,3)15-31-14-17(13-30-34(32,33)18-6-4-7-18)19-11-10-16(12-22(19)31)23-20(25(27,28)29)8-5-9-21(23)26/h5,8-12,14,18,30H,4,6-7,13,15H2,1-3H3. The van der Waals surface area contributed by atoms with Gasteiger partial charge in [0, 0.05) is 35.8 Å². The second-order valence-electron chi connectivity index (χ2n) is 10.2. The third kappa shape index (κ3) is 5.00. The van der Waals surface area contributed by atoms with Crippen LogP contribution < -0.4 is 4.72 Å². The van der Waals surface area contributed by atoms with Crippen LogP contribution in [-0.4, -0.2) is 18.2 Å². The summed E-state index contributed by atoms with van der Waals surface area (Å²) < 4.78 is 85.0. The molecule has 1 N–H and O–H groups in total. The molecule has 2 aromatic carbocycles. The molecule has 0 bridgehead atoms. The van der Waals surface area contributed by atoms with E-state index in [1.165, 1.54) is 6.07 Å². The minimum absolute atomic E-state index is 0.0827. The Hall–Kier alpha value is -2.39. The van der Waals surface area contributed by atoms with Gasteiger partial charge in [0.2, 0.25) is 10.0 Å². The number of nitrogens with one attached hydrogen (secondary N) is 1. The van der Waals surface area contributed by atoms with Gasteiger partial charge in [-0.25, -0.2) is 17.5 Å². The first-order chi connectivity index (χ1) is 15.8. The Morgan fingerprint density at radius 2 is 1.79 bits per heavy atom. The highest BCUT2D eigenvalue weighted by atomic mass is 32.2. The number of alkyl halides is 3. The number of sulfonamides is 1. The molecule has 0 radical (unpaired) electrons. The topological polar surface area (TPSA) is 51.1 Å². The Morgan fingerprint density at radius 1 is 1.09 bits per heavy atom. The third-order valence-electron chi connectivity index (χ3n) is 6.17. The maximum absolute atomic E-state index is 14.6. The van der Waals surface area contributed by atoms with Crippen LogP contribution in [0.4, 0.5) is 17.6 Å². The number of halogens is 4. The zero-order chi connectivity index (χ0) is 24.9. The van der Waals surface area contributed by atoms with E-state index in [1.807, 2.05) is 31.5 Å². The van der Waals surface area contributed by atoms with Crippen molar-refractivity contribution < 1.29 is 26.0 Å². The first-order valence-corrected chi connectivity index (χ1v) is 12.8. The summed E-state index contributed by atoms with van der Waals surface area (Å²) >= 11 is 0. The smallest absolute Gasteiger partial charge is 0.347 e. The Kier molecular flexibility index (Phi) is 6.31. The molecule has 4 rings (SSSR count). The predicted octanol–water partition coefficient (Wildman–Crippen LogP) is 6.48. The highest BCUT2D eigenvalue weighted by Gasteiger charge is 2.35. The summed E-state index contributed by atoms with van der Waals surface area (Å²) in [6.45, 7) is 6.71. The summed E-state index contributed by atoms with van der Waals surface area (Å²) in [4.78, 5) is 0. The van der Waals surface area contributed by atoms with Gasteiger partial charge < -0.3 is 4.57 Å². The molecular weight excluding hydrogens is 468 g/mol. The van der Waals surface area contributed by atoms with Crippen LogP contribution in [0.2, 0.25) is 0 Å². The summed E-state index contributed by atoms with van der Waals surface area (Å²) in [5, 5.41) is 0.345. The van der Waals surface area contributed by atoms with E-state index in [1.54, 1.807) is 12.1 Å². The van der Waals surface area contributed by atoms with E-state index in [0.717, 1.165) is 30.2 Å². The molecule has 184 valence electrons. The van der Waals surface area contributed by atoms with Gasteiger partial charge in [-0.3, -0.25) is 0 Å². The van der Waals surface area contributed by atoms with Crippen molar-refractivity contribution in [3.05, 3.63) is 59.5 Å². The minimum atomic E-state index is -4.70. The molecule has 4 nitrogen and oxygen atoms in total. The van der Waals surface area contributed by atoms with Crippen molar-refractivity contribution in [1.29, 1.82) is 0 Å². The predicted molar refractivity (Wildman–Crippen MR) is 125 cm³/mol. The molecule has 0 amide bonds. The molecule has 3 aromatic rings. The summed E-state index contributed by atoms with van der Waals surface area (Å²) in [5.41, 5.74) is -0.214. The van der Waals surface area contributed by atoms with Crippen LogP contribution in [0, 0.1) is 11.2 Å². The van der Waals surface area contributed by atoms with Crippen LogP contribution >= 0.6 is 0 Å². The van der Waals surface area contributed by atoms with Crippen molar-refractivity contribution in [2.24, 2.45) is 5.41 Å². The summed E-state index contributed by atoms with van der Waals surface area (Å²) in [6, 6.07) is 7.60. The largest absolute Gasteiger partial charge is 0.417 e. The lowest BCUT2D eigenvalue weighted by Crippen LogP contribution is -2.38. The van der Waals surface area contributed by atoms with E-state index in [0.29, 0.717) is 30.3 Å². The van der Waals surface area contributed by atoms with Crippen molar-refractivity contribution in [1.82, 2.24) is 9.29 Å². The second kappa shape index (κ2) is 8.68. The van der Waals surface area contributed by atoms with Crippen LogP contribution in [0.15, 0.2) is 42.6 Å². The molecule has 0 saturated heterocycles. The Labute approximate surface area is 197 Å². The molecule has 1 aromatic heterocycles. The lowest BCUT2D eigenvalue weighted by molar-refractivity contribution is -0.137. The lowest BCUT2D eigenvalue weighted by Gasteiger charge is -2.25. The van der Waals surface area contributed by atoms with Crippen LogP contribution in [0.25, 0.3) is 22.0 Å². The number of benzene rings is 2. The van der Waals surface area contributed by atoms with Crippen LogP contribution in [0.1, 0.15) is 51.2 Å². The minimum Gasteiger partial charge on any atom is -0.347 e. The number of hydrogen-bond donors (Lipinski definition) is 1. The van der Waals surface area contributed by atoms with Crippen LogP contribution in [0.3, 0.4) is 0 Å². The fourth-order valence-electron chi connectivity index (χ4n) is 4.34. The lowest BCUT2D eigenvalue weighted by atomic mass is 9.96. The van der Waals surface area contributed by atoms with Gasteiger partial charge in [0.25, 0.3) is 0 Å². The average molecular weight is 497 g/mol. The van der Waals surface area contributed by atoms with Gasteiger partial charge in [-0.05, 0) is 47.6 Å². The maximum atomic E-state index is 14.6. The monoisotopic (exact) mass is 496 g/mol. The molecular formula is C25H28F4N2O2S. The van der Waals surface area contributed by atoms with Gasteiger partial charge in [-0.1, -0.05) is 45.4 Å². The normalized spacial score (nSPS) is 15.6. The molecule has 0 spiro atoms. The maximum Gasteiger partial charge on any atom is 0.417 e. The van der Waals surface area contributed by atoms with Gasteiger partial charge in [0.1, 0.15) is 5.82 Å². The number of aromatic nitrogens is 1. The van der Waals surface area contributed by atoms with E-state index in [4.69, 9.17) is 0 Å². The third-order valence-corrected chi connectivity index (χ3v) is 8.07. The molecule has 1 aliphatic rings. The van der Waals surface area contributed by atoms with Crippen molar-refractivity contribution in [2.45, 2.75) is 64.5 Å². The summed E-state index contributed by atoms with van der Waals surface area (Å²) in [5.74, 6) is -0.948. The molecule has 0 unspecified atom stereocenters. The summed E-state index contributed by atoms with van der Waals surface area (Å²) in [6.07, 6.45) is -0.682. The number of fused-ring (bicyclic) bond motifs is 1. The van der Waals surface area contributed by atoms with Crippen LogP contribution in [0.5, 0.6) is 0 Å². The zero-order valence-electron chi connectivity index (χ0n) is 19.3. The quantitative estimate of drug-likeness (QED) is 0.397. The SMILES string of the molecule is CC(C)(C)Cn1cc(CNS(=O)(=O)C2CCC2)c2ccc(-c3c(F)cccc3C(F)(F)F)cc21. The van der Waals surface area contributed by atoms with E-state index in [2.05, 4.69) is 4.72 Å². The van der Waals surface area contributed by atoms with Gasteiger partial charge in [-0.15, -0.1) is 0 Å². The number of hydrogen-bond acceptors (Lipinski definition) is 2. The van der Waals surface area contributed by atoms with E-state index < -0.39 is 33.1 Å². The zero-order valence-corrected chi connectivity index (χ0v) is 20.2. The summed E-state index contributed by atoms with van der Waals surface area (Å²) in [7, 11) is -3.43. The molecule has 0 aliphatic heterocycles. The van der Waals surface area contributed by atoms with Gasteiger partial charge >= 0.3 is 6.18 Å². The van der Waals surface area contributed by atoms with E-state index >= 15 is 0 Å². The van der Waals surface area contributed by atoms with Crippen molar-refractivity contribution in [2.75, 3.05) is 0 Å². The Balaban J connectivity index is 1.80. The van der Waals surface area contributed by atoms with Crippen molar-refractivity contribution in [3.63, 3.8) is 0 Å². The van der Waals surface area contributed by atoms with Gasteiger partial charge in [-0.2, -0.15) is 13.2 Å². The fraction of sp³-hybridized carbons (Fsp3) is 0.440. The molecule has 1 saturated carbocycles. The highest BCUT2D eigenvalue weighted by Crippen LogP contribution is 2.40. The average Bonchev–Trinajstić information content (AvgIpc) is 2.99. The molecule has 1 heterocycles. The first-order valence-electron chi connectivity index (χ1n) is 11.2. The fourth-order valence-corrected chi connectivity index (χ4v) is 5.88. The van der Waals surface area contributed by atoms with Gasteiger partial charge in [0.15, 0.2) is 0 Å².